The Bertz CT molecular complexity index is 1130. The first-order chi connectivity index (χ1) is 15.2. The fourth-order valence-corrected chi connectivity index (χ4v) is 3.84. The van der Waals surface area contributed by atoms with Gasteiger partial charge in [0.2, 0.25) is 5.91 Å². The third kappa shape index (κ3) is 5.32. The topological polar surface area (TPSA) is 69.0 Å². The molecule has 0 saturated heterocycles. The largest absolute Gasteiger partial charge is 0.497 e. The molecule has 31 heavy (non-hydrogen) atoms. The minimum Gasteiger partial charge on any atom is -0.497 e. The predicted molar refractivity (Wildman–Crippen MR) is 123 cm³/mol. The number of benzene rings is 3. The monoisotopic (exact) mass is 430 g/mol. The molecule has 1 amide bonds. The van der Waals surface area contributed by atoms with Gasteiger partial charge < -0.3 is 10.1 Å². The van der Waals surface area contributed by atoms with Gasteiger partial charge in [-0.1, -0.05) is 72.4 Å². The lowest BCUT2D eigenvalue weighted by Crippen LogP contribution is -2.14. The van der Waals surface area contributed by atoms with Crippen LogP contribution in [0.1, 0.15) is 5.56 Å². The fraction of sp³-hybridized carbons (Fsp3) is 0.125. The van der Waals surface area contributed by atoms with Gasteiger partial charge in [-0.3, -0.25) is 9.36 Å². The average molecular weight is 431 g/mol. The molecule has 0 unspecified atom stereocenters. The molecule has 1 aromatic heterocycles. The number of hydrogen-bond acceptors (Lipinski definition) is 5. The highest BCUT2D eigenvalue weighted by atomic mass is 32.2. The standard InChI is InChI=1S/C24H22N4O2S/c1-30-21-14-12-18(13-15-21)16-28-23(19-8-4-2-5-9-19)26-27-24(28)31-17-22(29)25-20-10-6-3-7-11-20/h2-15H,16-17H2,1H3,(H,25,29). The van der Waals surface area contributed by atoms with Gasteiger partial charge in [0.05, 0.1) is 19.4 Å². The molecule has 0 saturated carbocycles. The second-order valence-electron chi connectivity index (χ2n) is 6.81. The van der Waals surface area contributed by atoms with Gasteiger partial charge in [-0.05, 0) is 29.8 Å². The van der Waals surface area contributed by atoms with Crippen LogP contribution in [0.25, 0.3) is 11.4 Å². The summed E-state index contributed by atoms with van der Waals surface area (Å²) in [5, 5.41) is 12.4. The number of hydrogen-bond donors (Lipinski definition) is 1. The van der Waals surface area contributed by atoms with E-state index in [0.717, 1.165) is 28.4 Å². The van der Waals surface area contributed by atoms with Gasteiger partial charge in [0.25, 0.3) is 0 Å². The first-order valence-corrected chi connectivity index (χ1v) is 10.8. The van der Waals surface area contributed by atoms with Crippen molar-refractivity contribution in [1.82, 2.24) is 14.8 Å². The van der Waals surface area contributed by atoms with E-state index in [1.807, 2.05) is 89.5 Å². The van der Waals surface area contributed by atoms with E-state index in [2.05, 4.69) is 15.5 Å². The molecule has 4 aromatic rings. The summed E-state index contributed by atoms with van der Waals surface area (Å²) in [4.78, 5) is 12.4. The van der Waals surface area contributed by atoms with Crippen molar-refractivity contribution in [2.75, 3.05) is 18.2 Å². The third-order valence-corrected chi connectivity index (χ3v) is 5.61. The smallest absolute Gasteiger partial charge is 0.234 e. The number of ether oxygens (including phenoxy) is 1. The summed E-state index contributed by atoms with van der Waals surface area (Å²) in [6, 6.07) is 27.2. The lowest BCUT2D eigenvalue weighted by molar-refractivity contribution is -0.113. The summed E-state index contributed by atoms with van der Waals surface area (Å²) in [6.45, 7) is 0.587. The zero-order valence-electron chi connectivity index (χ0n) is 17.1. The number of para-hydroxylation sites is 1. The highest BCUT2D eigenvalue weighted by molar-refractivity contribution is 7.99. The number of methoxy groups -OCH3 is 1. The number of aromatic nitrogens is 3. The normalized spacial score (nSPS) is 10.6. The Morgan fingerprint density at radius 2 is 1.61 bits per heavy atom. The van der Waals surface area contributed by atoms with Crippen molar-refractivity contribution >= 4 is 23.4 Å². The average Bonchev–Trinajstić information content (AvgIpc) is 3.22. The van der Waals surface area contributed by atoms with Gasteiger partial charge in [0.15, 0.2) is 11.0 Å². The number of anilines is 1. The molecule has 3 aromatic carbocycles. The van der Waals surface area contributed by atoms with Crippen LogP contribution in [0.4, 0.5) is 5.69 Å². The van der Waals surface area contributed by atoms with Crippen LogP contribution in [0.2, 0.25) is 0 Å². The first kappa shape index (κ1) is 20.7. The molecule has 0 bridgehead atoms. The molecule has 0 radical (unpaired) electrons. The zero-order valence-corrected chi connectivity index (χ0v) is 17.9. The zero-order chi connectivity index (χ0) is 21.5. The molecule has 1 N–H and O–H groups in total. The van der Waals surface area contributed by atoms with E-state index in [0.29, 0.717) is 11.7 Å². The highest BCUT2D eigenvalue weighted by Gasteiger charge is 2.16. The van der Waals surface area contributed by atoms with Crippen LogP contribution in [0.15, 0.2) is 90.1 Å². The lowest BCUT2D eigenvalue weighted by Gasteiger charge is -2.11. The molecule has 0 atom stereocenters. The highest BCUT2D eigenvalue weighted by Crippen LogP contribution is 2.26. The first-order valence-electron chi connectivity index (χ1n) is 9.82. The van der Waals surface area contributed by atoms with Crippen molar-refractivity contribution in [2.45, 2.75) is 11.7 Å². The Labute approximate surface area is 185 Å². The van der Waals surface area contributed by atoms with Crippen molar-refractivity contribution in [3.05, 3.63) is 90.5 Å². The third-order valence-electron chi connectivity index (χ3n) is 4.64. The quantitative estimate of drug-likeness (QED) is 0.409. The van der Waals surface area contributed by atoms with Gasteiger partial charge in [-0.2, -0.15) is 0 Å². The molecule has 0 aliphatic rings. The molecule has 1 heterocycles. The fourth-order valence-electron chi connectivity index (χ4n) is 3.10. The van der Waals surface area contributed by atoms with Gasteiger partial charge in [0, 0.05) is 11.3 Å². The van der Waals surface area contributed by atoms with E-state index in [9.17, 15) is 4.79 Å². The van der Waals surface area contributed by atoms with Gasteiger partial charge in [-0.15, -0.1) is 10.2 Å². The summed E-state index contributed by atoms with van der Waals surface area (Å²) in [6.07, 6.45) is 0. The Kier molecular flexibility index (Phi) is 6.64. The molecule has 7 heteroatoms. The number of carbonyl (C=O) groups excluding carboxylic acids is 1. The van der Waals surface area contributed by atoms with Crippen molar-refractivity contribution in [3.63, 3.8) is 0 Å². The summed E-state index contributed by atoms with van der Waals surface area (Å²) in [7, 11) is 1.65. The summed E-state index contributed by atoms with van der Waals surface area (Å²) < 4.78 is 7.29. The molecule has 0 aliphatic carbocycles. The maximum atomic E-state index is 12.4. The van der Waals surface area contributed by atoms with E-state index >= 15 is 0 Å². The van der Waals surface area contributed by atoms with Crippen LogP contribution >= 0.6 is 11.8 Å². The molecule has 156 valence electrons. The number of rotatable bonds is 8. The van der Waals surface area contributed by atoms with Crippen LogP contribution < -0.4 is 10.1 Å². The molecule has 6 nitrogen and oxygen atoms in total. The second kappa shape index (κ2) is 9.95. The Morgan fingerprint density at radius 3 is 2.29 bits per heavy atom. The number of thioether (sulfide) groups is 1. The molecule has 0 fully saturated rings. The van der Waals surface area contributed by atoms with Crippen molar-refractivity contribution in [1.29, 1.82) is 0 Å². The maximum absolute atomic E-state index is 12.4. The Hall–Kier alpha value is -3.58. The number of carbonyl (C=O) groups is 1. The molecule has 4 rings (SSSR count). The Morgan fingerprint density at radius 1 is 0.935 bits per heavy atom. The molecular formula is C24H22N4O2S. The number of amides is 1. The van der Waals surface area contributed by atoms with Crippen LogP contribution in [0.5, 0.6) is 5.75 Å². The minimum atomic E-state index is -0.0866. The van der Waals surface area contributed by atoms with E-state index in [1.54, 1.807) is 7.11 Å². The van der Waals surface area contributed by atoms with Crippen LogP contribution in [0, 0.1) is 0 Å². The summed E-state index contributed by atoms with van der Waals surface area (Å²) >= 11 is 1.37. The number of nitrogens with one attached hydrogen (secondary N) is 1. The SMILES string of the molecule is COc1ccc(Cn2c(SCC(=O)Nc3ccccc3)nnc2-c2ccccc2)cc1. The Balaban J connectivity index is 1.55. The second-order valence-corrected chi connectivity index (χ2v) is 7.75. The summed E-state index contributed by atoms with van der Waals surface area (Å²) in [5.41, 5.74) is 2.84. The van der Waals surface area contributed by atoms with Gasteiger partial charge in [0.1, 0.15) is 5.75 Å². The van der Waals surface area contributed by atoms with E-state index in [-0.39, 0.29) is 11.7 Å². The van der Waals surface area contributed by atoms with Crippen molar-refractivity contribution in [2.24, 2.45) is 0 Å². The van der Waals surface area contributed by atoms with Gasteiger partial charge in [-0.25, -0.2) is 0 Å². The van der Waals surface area contributed by atoms with Crippen LogP contribution in [-0.2, 0) is 11.3 Å². The molecule has 0 spiro atoms. The summed E-state index contributed by atoms with van der Waals surface area (Å²) in [5.74, 6) is 1.73. The maximum Gasteiger partial charge on any atom is 0.234 e. The molecule has 0 aliphatic heterocycles. The molecular weight excluding hydrogens is 408 g/mol. The van der Waals surface area contributed by atoms with E-state index < -0.39 is 0 Å². The predicted octanol–water partition coefficient (Wildman–Crippen LogP) is 4.73. The van der Waals surface area contributed by atoms with E-state index in [1.165, 1.54) is 11.8 Å². The van der Waals surface area contributed by atoms with E-state index in [4.69, 9.17) is 4.74 Å². The minimum absolute atomic E-state index is 0.0866. The van der Waals surface area contributed by atoms with Crippen LogP contribution in [-0.4, -0.2) is 33.5 Å². The van der Waals surface area contributed by atoms with Crippen LogP contribution in [0.3, 0.4) is 0 Å². The number of nitrogens with zero attached hydrogens (tertiary/aromatic N) is 3. The van der Waals surface area contributed by atoms with Crippen molar-refractivity contribution in [3.8, 4) is 17.1 Å². The van der Waals surface area contributed by atoms with Crippen molar-refractivity contribution < 1.29 is 9.53 Å². The lowest BCUT2D eigenvalue weighted by atomic mass is 10.2. The van der Waals surface area contributed by atoms with Gasteiger partial charge >= 0.3 is 0 Å².